The molecule has 4 aromatic carbocycles. The number of hydrogen-bond donors (Lipinski definition) is 0. The number of benzene rings is 4. The van der Waals surface area contributed by atoms with Gasteiger partial charge in [-0.15, -0.1) is 5.11 Å². The maximum absolute atomic E-state index is 13.1. The van der Waals surface area contributed by atoms with Gasteiger partial charge in [0.1, 0.15) is 5.82 Å². The molecule has 4 heteroatoms. The molecule has 0 unspecified atom stereocenters. The highest BCUT2D eigenvalue weighted by Crippen LogP contribution is 2.36. The first-order chi connectivity index (χ1) is 13.8. The predicted octanol–water partition coefficient (Wildman–Crippen LogP) is 6.00. The smallest absolute Gasteiger partial charge is 0.123 e. The summed E-state index contributed by atoms with van der Waals surface area (Å²) in [6.07, 6.45) is 0. The van der Waals surface area contributed by atoms with Crippen LogP contribution in [0.3, 0.4) is 0 Å². The zero-order valence-corrected chi connectivity index (χ0v) is 16.0. The first kappa shape index (κ1) is 18.2. The third kappa shape index (κ3) is 4.21. The molecule has 0 radical (unpaired) electrons. The third-order valence-electron chi connectivity index (χ3n) is 4.25. The highest BCUT2D eigenvalue weighted by molar-refractivity contribution is 7.80. The minimum Gasteiger partial charge on any atom is -0.207 e. The summed E-state index contributed by atoms with van der Waals surface area (Å²) in [5.74, 6) is -0.281. The van der Waals surface area contributed by atoms with Crippen molar-refractivity contribution in [1.82, 2.24) is 0 Å². The summed E-state index contributed by atoms with van der Waals surface area (Å²) in [6.45, 7) is 0. The molecule has 0 fully saturated rings. The Morgan fingerprint density at radius 3 is 1.68 bits per heavy atom. The van der Waals surface area contributed by atoms with Crippen LogP contribution in [-0.4, -0.2) is 0 Å². The molecule has 0 N–H and O–H groups in total. The van der Waals surface area contributed by atoms with Crippen molar-refractivity contribution in [3.05, 3.63) is 115 Å². The van der Waals surface area contributed by atoms with E-state index in [-0.39, 0.29) is 5.82 Å². The molecule has 0 heterocycles. The van der Waals surface area contributed by atoms with Crippen molar-refractivity contribution < 1.29 is 4.39 Å². The lowest BCUT2D eigenvalue weighted by atomic mass is 10.3. The van der Waals surface area contributed by atoms with E-state index in [9.17, 15) is 4.39 Å². The second kappa shape index (κ2) is 8.69. The number of nitrogens with zero attached hydrogens (tertiary/aromatic N) is 2. The van der Waals surface area contributed by atoms with Crippen LogP contribution in [0.15, 0.2) is 119 Å². The van der Waals surface area contributed by atoms with Gasteiger partial charge in [0.2, 0.25) is 0 Å². The van der Waals surface area contributed by atoms with Crippen LogP contribution in [0.1, 0.15) is 0 Å². The zero-order chi connectivity index (χ0) is 19.2. The minimum absolute atomic E-state index is 0.281. The largest absolute Gasteiger partial charge is 0.207 e. The summed E-state index contributed by atoms with van der Waals surface area (Å²) >= 11 is 0. The van der Waals surface area contributed by atoms with Crippen LogP contribution in [0.2, 0.25) is 0 Å². The van der Waals surface area contributed by atoms with Gasteiger partial charge in [-0.1, -0.05) is 78.9 Å². The first-order valence-electron chi connectivity index (χ1n) is 8.98. The molecule has 0 bridgehead atoms. The van der Waals surface area contributed by atoms with E-state index < -0.39 is 7.92 Å². The van der Waals surface area contributed by atoms with Crippen LogP contribution in [0.25, 0.3) is 0 Å². The van der Waals surface area contributed by atoms with Crippen molar-refractivity contribution in [2.24, 2.45) is 10.2 Å². The fourth-order valence-electron chi connectivity index (χ4n) is 2.94. The lowest BCUT2D eigenvalue weighted by Gasteiger charge is -2.20. The van der Waals surface area contributed by atoms with E-state index in [0.717, 1.165) is 11.0 Å². The van der Waals surface area contributed by atoms with Gasteiger partial charge in [0.25, 0.3) is 0 Å². The van der Waals surface area contributed by atoms with Gasteiger partial charge in [0.05, 0.1) is 11.4 Å². The van der Waals surface area contributed by atoms with Crippen LogP contribution in [0.5, 0.6) is 0 Å². The summed E-state index contributed by atoms with van der Waals surface area (Å²) in [5.41, 5.74) is 1.45. The second-order valence-corrected chi connectivity index (χ2v) is 8.36. The van der Waals surface area contributed by atoms with Crippen LogP contribution < -0.4 is 15.9 Å². The summed E-state index contributed by atoms with van der Waals surface area (Å²) in [7, 11) is -0.766. The number of hydrogen-bond acceptors (Lipinski definition) is 2. The molecular weight excluding hydrogens is 366 g/mol. The lowest BCUT2D eigenvalue weighted by Crippen LogP contribution is -2.20. The quantitative estimate of drug-likeness (QED) is 0.298. The van der Waals surface area contributed by atoms with Gasteiger partial charge in [-0.3, -0.25) is 0 Å². The van der Waals surface area contributed by atoms with Crippen LogP contribution >= 0.6 is 7.92 Å². The van der Waals surface area contributed by atoms with E-state index in [1.807, 2.05) is 30.3 Å². The van der Waals surface area contributed by atoms with Crippen molar-refractivity contribution in [2.75, 3.05) is 0 Å². The maximum atomic E-state index is 13.1. The van der Waals surface area contributed by atoms with Crippen LogP contribution in [-0.2, 0) is 0 Å². The molecule has 4 rings (SSSR count). The average Bonchev–Trinajstić information content (AvgIpc) is 2.76. The molecule has 0 spiro atoms. The van der Waals surface area contributed by atoms with Gasteiger partial charge in [0, 0.05) is 5.30 Å². The molecule has 0 saturated carbocycles. The molecule has 2 nitrogen and oxygen atoms in total. The Balaban J connectivity index is 1.78. The van der Waals surface area contributed by atoms with Gasteiger partial charge in [0.15, 0.2) is 0 Å². The Morgan fingerprint density at radius 2 is 1.07 bits per heavy atom. The fourth-order valence-corrected chi connectivity index (χ4v) is 5.32. The highest BCUT2D eigenvalue weighted by atomic mass is 31.1. The first-order valence-corrected chi connectivity index (χ1v) is 10.3. The molecule has 28 heavy (non-hydrogen) atoms. The minimum atomic E-state index is -0.766. The van der Waals surface area contributed by atoms with E-state index in [1.165, 1.54) is 22.7 Å². The molecule has 0 saturated heterocycles. The Bertz CT molecular complexity index is 1030. The van der Waals surface area contributed by atoms with Crippen LogP contribution in [0, 0.1) is 5.82 Å². The fraction of sp³-hybridized carbons (Fsp3) is 0. The molecule has 4 aromatic rings. The van der Waals surface area contributed by atoms with Gasteiger partial charge < -0.3 is 0 Å². The van der Waals surface area contributed by atoms with E-state index in [4.69, 9.17) is 0 Å². The summed E-state index contributed by atoms with van der Waals surface area (Å²) in [4.78, 5) is 0. The molecule has 0 aromatic heterocycles. The third-order valence-corrected chi connectivity index (χ3v) is 6.74. The SMILES string of the molecule is Fc1ccc(N=Nc2ccccc2P(c2ccccc2)c2ccccc2)cc1. The van der Waals surface area contributed by atoms with Crippen molar-refractivity contribution in [1.29, 1.82) is 0 Å². The predicted molar refractivity (Wildman–Crippen MR) is 116 cm³/mol. The normalized spacial score (nSPS) is 11.2. The van der Waals surface area contributed by atoms with Gasteiger partial charge >= 0.3 is 0 Å². The average molecular weight is 384 g/mol. The standard InChI is InChI=1S/C24H18FN2P/c25-19-15-17-20(18-16-19)26-27-23-13-7-8-14-24(23)28(21-9-3-1-4-10-21)22-11-5-2-6-12-22/h1-18H. The second-order valence-electron chi connectivity index (χ2n) is 6.17. The zero-order valence-electron chi connectivity index (χ0n) is 15.1. The Kier molecular flexibility index (Phi) is 5.65. The van der Waals surface area contributed by atoms with Gasteiger partial charge in [-0.25, -0.2) is 4.39 Å². The monoisotopic (exact) mass is 384 g/mol. The van der Waals surface area contributed by atoms with E-state index in [1.54, 1.807) is 12.1 Å². The Morgan fingerprint density at radius 1 is 0.536 bits per heavy atom. The van der Waals surface area contributed by atoms with E-state index >= 15 is 0 Å². The number of rotatable bonds is 5. The topological polar surface area (TPSA) is 24.7 Å². The van der Waals surface area contributed by atoms with Gasteiger partial charge in [-0.05, 0) is 48.9 Å². The van der Waals surface area contributed by atoms with Gasteiger partial charge in [-0.2, -0.15) is 5.11 Å². The Labute approximate surface area is 165 Å². The van der Waals surface area contributed by atoms with E-state index in [2.05, 4.69) is 64.8 Å². The van der Waals surface area contributed by atoms with E-state index in [0.29, 0.717) is 5.69 Å². The maximum Gasteiger partial charge on any atom is 0.123 e. The summed E-state index contributed by atoms with van der Waals surface area (Å²) in [5, 5.41) is 12.5. The molecular formula is C24H18FN2P. The van der Waals surface area contributed by atoms with Crippen molar-refractivity contribution in [3.63, 3.8) is 0 Å². The molecule has 0 amide bonds. The lowest BCUT2D eigenvalue weighted by molar-refractivity contribution is 0.628. The molecule has 136 valence electrons. The van der Waals surface area contributed by atoms with Crippen molar-refractivity contribution >= 4 is 35.2 Å². The molecule has 0 aliphatic carbocycles. The highest BCUT2D eigenvalue weighted by Gasteiger charge is 2.19. The molecule has 0 aliphatic heterocycles. The van der Waals surface area contributed by atoms with Crippen molar-refractivity contribution in [2.45, 2.75) is 0 Å². The number of azo groups is 1. The molecule has 0 aliphatic rings. The summed E-state index contributed by atoms with van der Waals surface area (Å²) in [6, 6.07) is 35.1. The number of halogens is 1. The Hall–Kier alpha value is -3.16. The van der Waals surface area contributed by atoms with Crippen LogP contribution in [0.4, 0.5) is 15.8 Å². The van der Waals surface area contributed by atoms with Crippen molar-refractivity contribution in [3.8, 4) is 0 Å². The molecule has 0 atom stereocenters. The summed E-state index contributed by atoms with van der Waals surface area (Å²) < 4.78 is 13.1.